The van der Waals surface area contributed by atoms with Gasteiger partial charge in [0.25, 0.3) is 5.91 Å². The van der Waals surface area contributed by atoms with Crippen LogP contribution in [-0.2, 0) is 6.54 Å². The molecule has 0 saturated carbocycles. The number of aliphatic imine (C=N–C) groups is 1. The van der Waals surface area contributed by atoms with Gasteiger partial charge in [0, 0.05) is 51.0 Å². The van der Waals surface area contributed by atoms with Crippen LogP contribution in [0.2, 0.25) is 0 Å². The molecule has 0 aliphatic heterocycles. The molecule has 2 aromatic heterocycles. The van der Waals surface area contributed by atoms with E-state index in [1.165, 1.54) is 0 Å². The summed E-state index contributed by atoms with van der Waals surface area (Å²) in [6.45, 7) is 5.44. The van der Waals surface area contributed by atoms with Crippen molar-refractivity contribution in [3.05, 3.63) is 54.6 Å². The Kier molecular flexibility index (Phi) is 7.33. The van der Waals surface area contributed by atoms with Gasteiger partial charge < -0.3 is 20.5 Å². The summed E-state index contributed by atoms with van der Waals surface area (Å²) < 4.78 is 2.10. The molecule has 1 amide bonds. The highest BCUT2D eigenvalue weighted by molar-refractivity contribution is 5.93. The van der Waals surface area contributed by atoms with Crippen LogP contribution in [0.1, 0.15) is 17.3 Å². The second-order valence-corrected chi connectivity index (χ2v) is 5.11. The Morgan fingerprint density at radius 1 is 1.17 bits per heavy atom. The minimum absolute atomic E-state index is 0.135. The first-order chi connectivity index (χ1) is 11.8. The highest BCUT2D eigenvalue weighted by Crippen LogP contribution is 1.94. The summed E-state index contributed by atoms with van der Waals surface area (Å²) in [5.74, 6) is 0.615. The number of hydrogen-bond donors (Lipinski definition) is 3. The third-order valence-corrected chi connectivity index (χ3v) is 3.26. The van der Waals surface area contributed by atoms with Crippen molar-refractivity contribution in [1.29, 1.82) is 0 Å². The van der Waals surface area contributed by atoms with Crippen LogP contribution < -0.4 is 16.0 Å². The van der Waals surface area contributed by atoms with E-state index in [0.29, 0.717) is 18.7 Å². The quantitative estimate of drug-likeness (QED) is 0.381. The largest absolute Gasteiger partial charge is 0.357 e. The Hall–Kier alpha value is -2.83. The number of pyridine rings is 1. The predicted molar refractivity (Wildman–Crippen MR) is 95.0 cm³/mol. The second-order valence-electron chi connectivity index (χ2n) is 5.11. The van der Waals surface area contributed by atoms with Crippen LogP contribution in [0.3, 0.4) is 0 Å². The monoisotopic (exact) mass is 328 g/mol. The van der Waals surface area contributed by atoms with Crippen LogP contribution in [0.5, 0.6) is 0 Å². The molecule has 128 valence electrons. The van der Waals surface area contributed by atoms with Crippen molar-refractivity contribution in [2.45, 2.75) is 13.5 Å². The Balaban J connectivity index is 1.71. The number of nitrogens with zero attached hydrogens (tertiary/aromatic N) is 3. The number of rotatable bonds is 8. The maximum atomic E-state index is 11.9. The highest BCUT2D eigenvalue weighted by Gasteiger charge is 2.03. The topological polar surface area (TPSA) is 83.3 Å². The first kappa shape index (κ1) is 17.5. The standard InChI is InChI=1S/C17H24N6O/c1-2-19-17(22-10-13-23-11-3-4-12-23)21-9-8-20-16(24)15-6-5-7-18-14-15/h3-7,11-12,14H,2,8-10,13H2,1H3,(H,20,24)(H2,19,21,22). The average Bonchev–Trinajstić information content (AvgIpc) is 3.12. The summed E-state index contributed by atoms with van der Waals surface area (Å²) in [5.41, 5.74) is 0.554. The van der Waals surface area contributed by atoms with E-state index in [-0.39, 0.29) is 5.91 Å². The Bertz CT molecular complexity index is 624. The van der Waals surface area contributed by atoms with Gasteiger partial charge in [-0.25, -0.2) is 0 Å². The summed E-state index contributed by atoms with van der Waals surface area (Å²) >= 11 is 0. The number of aromatic nitrogens is 2. The lowest BCUT2D eigenvalue weighted by Gasteiger charge is -2.12. The first-order valence-corrected chi connectivity index (χ1v) is 8.10. The van der Waals surface area contributed by atoms with E-state index in [0.717, 1.165) is 25.6 Å². The van der Waals surface area contributed by atoms with Crippen LogP contribution in [0.25, 0.3) is 0 Å². The zero-order valence-electron chi connectivity index (χ0n) is 13.9. The van der Waals surface area contributed by atoms with Gasteiger partial charge >= 0.3 is 0 Å². The smallest absolute Gasteiger partial charge is 0.252 e. The molecular weight excluding hydrogens is 304 g/mol. The molecule has 2 aromatic rings. The fraction of sp³-hybridized carbons (Fsp3) is 0.353. The SMILES string of the molecule is CCNC(=NCCNC(=O)c1cccnc1)NCCn1cccc1. The molecule has 0 radical (unpaired) electrons. The van der Waals surface area contributed by atoms with E-state index in [1.807, 2.05) is 31.5 Å². The molecule has 0 fully saturated rings. The molecule has 3 N–H and O–H groups in total. The van der Waals surface area contributed by atoms with E-state index in [9.17, 15) is 4.79 Å². The Morgan fingerprint density at radius 3 is 2.71 bits per heavy atom. The lowest BCUT2D eigenvalue weighted by Crippen LogP contribution is -2.39. The molecule has 0 saturated heterocycles. The van der Waals surface area contributed by atoms with Crippen molar-refractivity contribution in [2.24, 2.45) is 4.99 Å². The van der Waals surface area contributed by atoms with Gasteiger partial charge in [0.15, 0.2) is 5.96 Å². The summed E-state index contributed by atoms with van der Waals surface area (Å²) in [7, 11) is 0. The van der Waals surface area contributed by atoms with E-state index in [1.54, 1.807) is 24.5 Å². The van der Waals surface area contributed by atoms with Crippen molar-refractivity contribution >= 4 is 11.9 Å². The molecule has 24 heavy (non-hydrogen) atoms. The molecule has 0 aromatic carbocycles. The zero-order chi connectivity index (χ0) is 17.0. The first-order valence-electron chi connectivity index (χ1n) is 8.10. The fourth-order valence-electron chi connectivity index (χ4n) is 2.10. The van der Waals surface area contributed by atoms with E-state index in [4.69, 9.17) is 0 Å². The van der Waals surface area contributed by atoms with Crippen molar-refractivity contribution < 1.29 is 4.79 Å². The molecule has 0 spiro atoms. The van der Waals surface area contributed by atoms with Crippen molar-refractivity contribution in [2.75, 3.05) is 26.2 Å². The van der Waals surface area contributed by atoms with Crippen molar-refractivity contribution in [3.63, 3.8) is 0 Å². The van der Waals surface area contributed by atoms with Gasteiger partial charge in [-0.2, -0.15) is 0 Å². The molecule has 7 nitrogen and oxygen atoms in total. The summed E-state index contributed by atoms with van der Waals surface area (Å²) in [6.07, 6.45) is 7.24. The second kappa shape index (κ2) is 10.0. The number of nitrogens with one attached hydrogen (secondary N) is 3. The minimum Gasteiger partial charge on any atom is -0.357 e. The molecule has 0 unspecified atom stereocenters. The van der Waals surface area contributed by atoms with Crippen LogP contribution in [0.4, 0.5) is 0 Å². The third kappa shape index (κ3) is 6.12. The van der Waals surface area contributed by atoms with Gasteiger partial charge in [-0.15, -0.1) is 0 Å². The lowest BCUT2D eigenvalue weighted by atomic mass is 10.3. The molecule has 7 heteroatoms. The summed E-state index contributed by atoms with van der Waals surface area (Å²) in [5, 5.41) is 9.29. The predicted octanol–water partition coefficient (Wildman–Crippen LogP) is 0.868. The van der Waals surface area contributed by atoms with Crippen LogP contribution in [-0.4, -0.2) is 47.6 Å². The average molecular weight is 328 g/mol. The maximum absolute atomic E-state index is 11.9. The number of carbonyl (C=O) groups is 1. The number of carbonyl (C=O) groups excluding carboxylic acids is 1. The number of hydrogen-bond acceptors (Lipinski definition) is 3. The third-order valence-electron chi connectivity index (χ3n) is 3.26. The zero-order valence-corrected chi connectivity index (χ0v) is 13.9. The Labute approximate surface area is 142 Å². The molecule has 0 bridgehead atoms. The molecule has 0 aliphatic rings. The normalized spacial score (nSPS) is 11.1. The van der Waals surface area contributed by atoms with Gasteiger partial charge in [0.05, 0.1) is 12.1 Å². The van der Waals surface area contributed by atoms with Crippen LogP contribution in [0.15, 0.2) is 54.0 Å². The maximum Gasteiger partial charge on any atom is 0.252 e. The van der Waals surface area contributed by atoms with Gasteiger partial charge in [-0.3, -0.25) is 14.8 Å². The highest BCUT2D eigenvalue weighted by atomic mass is 16.1. The molecular formula is C17H24N6O. The number of amides is 1. The lowest BCUT2D eigenvalue weighted by molar-refractivity contribution is 0.0954. The van der Waals surface area contributed by atoms with Gasteiger partial charge in [-0.1, -0.05) is 0 Å². The van der Waals surface area contributed by atoms with E-state index < -0.39 is 0 Å². The van der Waals surface area contributed by atoms with Crippen molar-refractivity contribution in [1.82, 2.24) is 25.5 Å². The van der Waals surface area contributed by atoms with Gasteiger partial charge in [0.1, 0.15) is 0 Å². The minimum atomic E-state index is -0.135. The van der Waals surface area contributed by atoms with E-state index in [2.05, 4.69) is 30.5 Å². The Morgan fingerprint density at radius 2 is 2.00 bits per heavy atom. The molecule has 2 rings (SSSR count). The number of guanidine groups is 1. The molecule has 0 atom stereocenters. The van der Waals surface area contributed by atoms with Gasteiger partial charge in [-0.05, 0) is 31.2 Å². The molecule has 2 heterocycles. The van der Waals surface area contributed by atoms with Crippen LogP contribution >= 0.6 is 0 Å². The van der Waals surface area contributed by atoms with Crippen molar-refractivity contribution in [3.8, 4) is 0 Å². The molecule has 0 aliphatic carbocycles. The summed E-state index contributed by atoms with van der Waals surface area (Å²) in [6, 6.07) is 7.48. The van der Waals surface area contributed by atoms with Crippen LogP contribution in [0, 0.1) is 0 Å². The van der Waals surface area contributed by atoms with Gasteiger partial charge in [0.2, 0.25) is 0 Å². The fourth-order valence-corrected chi connectivity index (χ4v) is 2.10. The summed E-state index contributed by atoms with van der Waals surface area (Å²) in [4.78, 5) is 20.3. The van der Waals surface area contributed by atoms with E-state index >= 15 is 0 Å².